The highest BCUT2D eigenvalue weighted by Gasteiger charge is 2.18. The van der Waals surface area contributed by atoms with Crippen LogP contribution in [0.25, 0.3) is 5.69 Å². The molecule has 0 radical (unpaired) electrons. The third-order valence-corrected chi connectivity index (χ3v) is 2.59. The number of ether oxygens (including phenoxy) is 1. The van der Waals surface area contributed by atoms with Gasteiger partial charge in [-0.3, -0.25) is 0 Å². The van der Waals surface area contributed by atoms with E-state index in [-0.39, 0.29) is 0 Å². The van der Waals surface area contributed by atoms with Crippen LogP contribution >= 0.6 is 0 Å². The van der Waals surface area contributed by atoms with Gasteiger partial charge in [-0.25, -0.2) is 9.48 Å². The van der Waals surface area contributed by atoms with Gasteiger partial charge in [0.15, 0.2) is 6.10 Å². The molecule has 2 aromatic rings. The minimum absolute atomic E-state index is 0.479. The third kappa shape index (κ3) is 2.41. The van der Waals surface area contributed by atoms with E-state index in [0.29, 0.717) is 5.56 Å². The molecule has 1 unspecified atom stereocenters. The number of benzene rings is 1. The summed E-state index contributed by atoms with van der Waals surface area (Å²) in [5.74, 6) is -0.677. The molecule has 5 heteroatoms. The van der Waals surface area contributed by atoms with Crippen molar-refractivity contribution in [1.82, 2.24) is 9.78 Å². The van der Waals surface area contributed by atoms with Crippen LogP contribution in [0.2, 0.25) is 0 Å². The molecule has 0 aliphatic carbocycles. The fourth-order valence-electron chi connectivity index (χ4n) is 1.64. The predicted molar refractivity (Wildman–Crippen MR) is 65.3 cm³/mol. The van der Waals surface area contributed by atoms with E-state index in [0.717, 1.165) is 11.3 Å². The van der Waals surface area contributed by atoms with Crippen molar-refractivity contribution in [2.45, 2.75) is 13.0 Å². The summed E-state index contributed by atoms with van der Waals surface area (Å²) in [6.07, 6.45) is 2.33. The minimum Gasteiger partial charge on any atom is -0.467 e. The number of carbonyl (C=O) groups is 1. The zero-order valence-electron chi connectivity index (χ0n) is 10.2. The Morgan fingerprint density at radius 2 is 2.28 bits per heavy atom. The third-order valence-electron chi connectivity index (χ3n) is 2.59. The van der Waals surface area contributed by atoms with Crippen molar-refractivity contribution >= 4 is 5.97 Å². The maximum absolute atomic E-state index is 11.3. The SMILES string of the molecule is COC(=O)C(O)c1cccc(-n2cc(C)cn2)c1. The number of nitrogens with zero attached hydrogens (tertiary/aromatic N) is 2. The molecule has 0 aliphatic heterocycles. The van der Waals surface area contributed by atoms with E-state index in [9.17, 15) is 9.90 Å². The first-order valence-corrected chi connectivity index (χ1v) is 5.49. The van der Waals surface area contributed by atoms with Crippen LogP contribution in [-0.2, 0) is 9.53 Å². The number of hydrogen-bond donors (Lipinski definition) is 1. The fourth-order valence-corrected chi connectivity index (χ4v) is 1.64. The standard InChI is InChI=1S/C13H14N2O3/c1-9-7-14-15(8-9)11-5-3-4-10(6-11)12(16)13(17)18-2/h3-8,12,16H,1-2H3. The summed E-state index contributed by atoms with van der Waals surface area (Å²) in [5.41, 5.74) is 2.30. The molecule has 0 spiro atoms. The Hall–Kier alpha value is -2.14. The molecular weight excluding hydrogens is 232 g/mol. The Kier molecular flexibility index (Phi) is 3.43. The summed E-state index contributed by atoms with van der Waals surface area (Å²) in [6, 6.07) is 6.98. The predicted octanol–water partition coefficient (Wildman–Crippen LogP) is 1.39. The summed E-state index contributed by atoms with van der Waals surface area (Å²) < 4.78 is 6.19. The van der Waals surface area contributed by atoms with Crippen LogP contribution in [-0.4, -0.2) is 28.0 Å². The second kappa shape index (κ2) is 5.01. The molecular formula is C13H14N2O3. The lowest BCUT2D eigenvalue weighted by atomic mass is 10.1. The van der Waals surface area contributed by atoms with Crippen molar-refractivity contribution in [3.8, 4) is 5.69 Å². The van der Waals surface area contributed by atoms with Gasteiger partial charge in [-0.05, 0) is 30.2 Å². The van der Waals surface area contributed by atoms with Gasteiger partial charge in [0.25, 0.3) is 0 Å². The fraction of sp³-hybridized carbons (Fsp3) is 0.231. The van der Waals surface area contributed by atoms with Crippen molar-refractivity contribution in [1.29, 1.82) is 0 Å². The van der Waals surface area contributed by atoms with Crippen molar-refractivity contribution in [2.24, 2.45) is 0 Å². The summed E-state index contributed by atoms with van der Waals surface area (Å²) in [5, 5.41) is 13.9. The van der Waals surface area contributed by atoms with Gasteiger partial charge in [0.05, 0.1) is 19.0 Å². The van der Waals surface area contributed by atoms with Crippen LogP contribution in [0, 0.1) is 6.92 Å². The van der Waals surface area contributed by atoms with Gasteiger partial charge in [-0.15, -0.1) is 0 Å². The van der Waals surface area contributed by atoms with Crippen LogP contribution in [0.15, 0.2) is 36.7 Å². The number of rotatable bonds is 3. The van der Waals surface area contributed by atoms with Gasteiger partial charge in [-0.1, -0.05) is 12.1 Å². The number of carbonyl (C=O) groups excluding carboxylic acids is 1. The molecule has 2 rings (SSSR count). The molecule has 0 saturated carbocycles. The van der Waals surface area contributed by atoms with E-state index in [1.807, 2.05) is 19.2 Å². The van der Waals surface area contributed by atoms with E-state index in [2.05, 4.69) is 9.84 Å². The van der Waals surface area contributed by atoms with E-state index in [4.69, 9.17) is 0 Å². The lowest BCUT2D eigenvalue weighted by Gasteiger charge is -2.10. The van der Waals surface area contributed by atoms with Gasteiger partial charge < -0.3 is 9.84 Å². The normalized spacial score (nSPS) is 12.2. The quantitative estimate of drug-likeness (QED) is 0.831. The summed E-state index contributed by atoms with van der Waals surface area (Å²) in [6.45, 7) is 1.94. The van der Waals surface area contributed by atoms with Gasteiger partial charge in [0.2, 0.25) is 0 Å². The topological polar surface area (TPSA) is 64.3 Å². The minimum atomic E-state index is -1.27. The molecule has 18 heavy (non-hydrogen) atoms. The molecule has 0 bridgehead atoms. The number of methoxy groups -OCH3 is 1. The smallest absolute Gasteiger partial charge is 0.339 e. The second-order valence-corrected chi connectivity index (χ2v) is 3.98. The van der Waals surface area contributed by atoms with E-state index >= 15 is 0 Å². The number of hydrogen-bond acceptors (Lipinski definition) is 4. The zero-order valence-corrected chi connectivity index (χ0v) is 10.2. The van der Waals surface area contributed by atoms with Crippen LogP contribution in [0.4, 0.5) is 0 Å². The largest absolute Gasteiger partial charge is 0.467 e. The van der Waals surface area contributed by atoms with Crippen molar-refractivity contribution < 1.29 is 14.6 Å². The molecule has 5 nitrogen and oxygen atoms in total. The summed E-state index contributed by atoms with van der Waals surface area (Å²) in [4.78, 5) is 11.3. The maximum Gasteiger partial charge on any atom is 0.339 e. The Bertz CT molecular complexity index is 563. The highest BCUT2D eigenvalue weighted by Crippen LogP contribution is 2.18. The van der Waals surface area contributed by atoms with Crippen LogP contribution in [0.3, 0.4) is 0 Å². The average Bonchev–Trinajstić information content (AvgIpc) is 2.84. The van der Waals surface area contributed by atoms with Crippen molar-refractivity contribution in [3.63, 3.8) is 0 Å². The summed E-state index contributed by atoms with van der Waals surface area (Å²) >= 11 is 0. The first-order valence-electron chi connectivity index (χ1n) is 5.49. The van der Waals surface area contributed by atoms with Gasteiger partial charge in [-0.2, -0.15) is 5.10 Å². The lowest BCUT2D eigenvalue weighted by molar-refractivity contribution is -0.150. The van der Waals surface area contributed by atoms with Crippen molar-refractivity contribution in [2.75, 3.05) is 7.11 Å². The number of aryl methyl sites for hydroxylation is 1. The van der Waals surface area contributed by atoms with E-state index in [1.54, 1.807) is 29.1 Å². The molecule has 94 valence electrons. The average molecular weight is 246 g/mol. The summed E-state index contributed by atoms with van der Waals surface area (Å²) in [7, 11) is 1.24. The Labute approximate surface area is 105 Å². The molecule has 0 amide bonds. The zero-order chi connectivity index (χ0) is 13.1. The lowest BCUT2D eigenvalue weighted by Crippen LogP contribution is -2.13. The molecule has 1 aromatic heterocycles. The van der Waals surface area contributed by atoms with Crippen LogP contribution < -0.4 is 0 Å². The second-order valence-electron chi connectivity index (χ2n) is 3.98. The Morgan fingerprint density at radius 3 is 2.89 bits per heavy atom. The number of esters is 1. The first-order chi connectivity index (χ1) is 8.61. The van der Waals surface area contributed by atoms with Gasteiger partial charge in [0, 0.05) is 6.20 Å². The molecule has 1 N–H and O–H groups in total. The Balaban J connectivity index is 2.33. The number of aliphatic hydroxyl groups excluding tert-OH is 1. The molecule has 0 aliphatic rings. The van der Waals surface area contributed by atoms with Gasteiger partial charge in [0.1, 0.15) is 0 Å². The monoisotopic (exact) mass is 246 g/mol. The van der Waals surface area contributed by atoms with Crippen LogP contribution in [0.1, 0.15) is 17.2 Å². The molecule has 0 saturated heterocycles. The van der Waals surface area contributed by atoms with Crippen molar-refractivity contribution in [3.05, 3.63) is 47.8 Å². The molecule has 1 heterocycles. The van der Waals surface area contributed by atoms with Crippen LogP contribution in [0.5, 0.6) is 0 Å². The van der Waals surface area contributed by atoms with E-state index < -0.39 is 12.1 Å². The van der Waals surface area contributed by atoms with Gasteiger partial charge >= 0.3 is 5.97 Å². The first kappa shape index (κ1) is 12.3. The number of aliphatic hydroxyl groups is 1. The molecule has 1 atom stereocenters. The Morgan fingerprint density at radius 1 is 1.50 bits per heavy atom. The highest BCUT2D eigenvalue weighted by molar-refractivity contribution is 5.76. The number of aromatic nitrogens is 2. The van der Waals surface area contributed by atoms with E-state index in [1.165, 1.54) is 7.11 Å². The highest BCUT2D eigenvalue weighted by atomic mass is 16.5. The molecule has 0 fully saturated rings. The molecule has 1 aromatic carbocycles. The maximum atomic E-state index is 11.3.